The number of allylic oxidation sites excluding steroid dienone is 4. The van der Waals surface area contributed by atoms with Crippen LogP contribution in [-0.2, 0) is 16.2 Å². The van der Waals surface area contributed by atoms with Gasteiger partial charge in [0.05, 0.1) is 53.8 Å². The van der Waals surface area contributed by atoms with E-state index in [1.54, 1.807) is 25.0 Å². The molecule has 0 amide bonds. The topological polar surface area (TPSA) is 55.4 Å². The highest BCUT2D eigenvalue weighted by Crippen LogP contribution is 2.64. The minimum Gasteiger partial charge on any atom is -0.466 e. The smallest absolute Gasteiger partial charge is 0.127 e. The quantitative estimate of drug-likeness (QED) is 0.0560. The molecule has 0 spiro atoms. The summed E-state index contributed by atoms with van der Waals surface area (Å²) in [5, 5.41) is 25.3. The fourth-order valence-electron chi connectivity index (χ4n) is 23.2. The summed E-state index contributed by atoms with van der Waals surface area (Å²) >= 11 is 0. The predicted octanol–water partition coefficient (Wildman–Crippen LogP) is 33.5. The average molecular weight is 1750 g/mol. The second kappa shape index (κ2) is 32.3. The van der Waals surface area contributed by atoms with Crippen LogP contribution in [-0.4, -0.2) is 0 Å². The number of hydrogen-bond acceptors (Lipinski definition) is 6. The molecule has 644 valence electrons. The van der Waals surface area contributed by atoms with Crippen LogP contribution in [0.3, 0.4) is 0 Å². The van der Waals surface area contributed by atoms with Crippen LogP contribution in [0.1, 0.15) is 66.8 Å². The maximum Gasteiger partial charge on any atom is 0.127 e. The van der Waals surface area contributed by atoms with Gasteiger partial charge in [0.1, 0.15) is 34.5 Å². The SMILES string of the molecule is C=COc1ccc2cc(C3(c4ccc5cc(O/C=C/C=C/Oc6ccc7cc(C8(c9ccc%10cc(O/C=C/C=C/Oc%11ccc%12cc(C%13(c%14ccc%15cc(OC=C)ccc%15c%14)c%14c(ccc%15ccccc%14%15)-c%14ccc%15ccccc%15c%14%13)ccc%12c%11)ccc%10c9)c9ccccc9-c9ccc%10ccccc%10c98)ccc7c6)ccc5c4)c4ccc5ccccc5c4-c4c3ccc3ccccc43)ccc2c1. The molecular formula is C131H84O6. The molecule has 0 aromatic heterocycles. The molecule has 23 aromatic carbocycles. The van der Waals surface area contributed by atoms with E-state index in [9.17, 15) is 0 Å². The van der Waals surface area contributed by atoms with Crippen LogP contribution in [0.5, 0.6) is 34.5 Å². The van der Waals surface area contributed by atoms with Crippen molar-refractivity contribution in [2.24, 2.45) is 0 Å². The lowest BCUT2D eigenvalue weighted by Crippen LogP contribution is -2.29. The molecule has 0 saturated heterocycles. The van der Waals surface area contributed by atoms with Crippen LogP contribution in [0.15, 0.2) is 500 Å². The number of benzene rings is 23. The first-order chi connectivity index (χ1) is 67.7. The first kappa shape index (κ1) is 80.1. The number of fused-ring (bicyclic) bond motifs is 25. The fourth-order valence-corrected chi connectivity index (χ4v) is 23.2. The van der Waals surface area contributed by atoms with Gasteiger partial charge in [-0.05, 0) is 352 Å². The van der Waals surface area contributed by atoms with Crippen molar-refractivity contribution in [2.75, 3.05) is 0 Å². The van der Waals surface area contributed by atoms with E-state index >= 15 is 0 Å². The van der Waals surface area contributed by atoms with Crippen LogP contribution >= 0.6 is 0 Å². The summed E-state index contributed by atoms with van der Waals surface area (Å²) in [5.74, 6) is 4.41. The standard InChI is InChI=1S/C131H84O6/c1-3-132-106-56-39-88-71-100(50-33-94(88)77-106)129(122-65-48-83-21-5-10-26-112(83)124(122)125-113-27-11-6-22-84(113)49-66-123(125)129)101-51-34-96-79-108(58-41-89(96)72-101)134-67-17-18-68-135-109-59-42-90-73-102(52-35-97(90)80-109)130(121-32-16-15-31-117(121)118-62-45-85-23-7-12-28-114(85)126(118)130)103-53-36-98-81-110(60-43-91(98)74-103)136-69-19-20-70-137-111-61-44-93-76-105(55-38-99(93)82-111)131(104-54-37-95-78-107(133-4-2)57-40-92(95)75-104)127-115-29-13-8-24-86(115)46-63-119(127)120-64-47-87-25-9-14-30-116(87)128(120)131/h3-82H,1-2H2/b67-17+,68-18+,69-19+,70-20+. The molecule has 6 nitrogen and oxygen atoms in total. The van der Waals surface area contributed by atoms with Gasteiger partial charge in [-0.3, -0.25) is 0 Å². The van der Waals surface area contributed by atoms with Crippen molar-refractivity contribution >= 4 is 118 Å². The van der Waals surface area contributed by atoms with Gasteiger partial charge in [-0.15, -0.1) is 0 Å². The number of rotatable bonds is 20. The second-order valence-electron chi connectivity index (χ2n) is 36.0. The van der Waals surface area contributed by atoms with Gasteiger partial charge in [0, 0.05) is 0 Å². The molecule has 23 aromatic rings. The largest absolute Gasteiger partial charge is 0.466 e. The average Bonchev–Trinajstić information content (AvgIpc) is 1.56. The van der Waals surface area contributed by atoms with Crippen molar-refractivity contribution in [1.29, 1.82) is 0 Å². The zero-order valence-corrected chi connectivity index (χ0v) is 74.6. The monoisotopic (exact) mass is 1750 g/mol. The highest BCUT2D eigenvalue weighted by molar-refractivity contribution is 6.14. The molecule has 1 atom stereocenters. The molecule has 0 N–H and O–H groups in total. The molecule has 26 rings (SSSR count). The highest BCUT2D eigenvalue weighted by Gasteiger charge is 2.52. The predicted molar refractivity (Wildman–Crippen MR) is 565 cm³/mol. The van der Waals surface area contributed by atoms with E-state index in [1.807, 2.05) is 36.4 Å². The third kappa shape index (κ3) is 12.8. The Morgan fingerprint density at radius 1 is 0.168 bits per heavy atom. The zero-order valence-electron chi connectivity index (χ0n) is 74.6. The van der Waals surface area contributed by atoms with Crippen molar-refractivity contribution in [2.45, 2.75) is 16.2 Å². The van der Waals surface area contributed by atoms with Crippen molar-refractivity contribution < 1.29 is 28.4 Å². The van der Waals surface area contributed by atoms with E-state index in [-0.39, 0.29) is 0 Å². The normalized spacial score (nSPS) is 14.4. The lowest BCUT2D eigenvalue weighted by molar-refractivity contribution is 0.476. The van der Waals surface area contributed by atoms with Crippen molar-refractivity contribution in [3.8, 4) is 67.9 Å². The minimum absolute atomic E-state index is 0.670. The van der Waals surface area contributed by atoms with Gasteiger partial charge in [-0.25, -0.2) is 0 Å². The molecule has 0 bridgehead atoms. The minimum atomic E-state index is -0.704. The van der Waals surface area contributed by atoms with Crippen molar-refractivity contribution in [3.63, 3.8) is 0 Å². The Morgan fingerprint density at radius 3 is 0.730 bits per heavy atom. The molecule has 3 aliphatic carbocycles. The third-order valence-corrected chi connectivity index (χ3v) is 29.0. The van der Waals surface area contributed by atoms with Crippen LogP contribution in [0.4, 0.5) is 0 Å². The molecule has 6 heteroatoms. The molecule has 137 heavy (non-hydrogen) atoms. The van der Waals surface area contributed by atoms with Gasteiger partial charge in [0.25, 0.3) is 0 Å². The Hall–Kier alpha value is -17.8. The lowest BCUT2D eigenvalue weighted by atomic mass is 9.65. The Kier molecular flexibility index (Phi) is 18.9. The zero-order chi connectivity index (χ0) is 90.9. The molecule has 0 radical (unpaired) electrons. The van der Waals surface area contributed by atoms with Gasteiger partial charge >= 0.3 is 0 Å². The lowest BCUT2D eigenvalue weighted by Gasteiger charge is -2.36. The van der Waals surface area contributed by atoms with E-state index in [2.05, 4.69) is 426 Å². The molecule has 0 heterocycles. The number of hydrogen-bond donors (Lipinski definition) is 0. The first-order valence-corrected chi connectivity index (χ1v) is 46.6. The van der Waals surface area contributed by atoms with Crippen LogP contribution < -0.4 is 28.4 Å². The van der Waals surface area contributed by atoms with E-state index < -0.39 is 16.2 Å². The van der Waals surface area contributed by atoms with Gasteiger partial charge in [-0.1, -0.05) is 329 Å². The highest BCUT2D eigenvalue weighted by atomic mass is 16.5. The van der Waals surface area contributed by atoms with Gasteiger partial charge < -0.3 is 28.4 Å². The van der Waals surface area contributed by atoms with Crippen molar-refractivity contribution in [3.05, 3.63) is 566 Å². The molecule has 3 aliphatic rings. The summed E-state index contributed by atoms with van der Waals surface area (Å²) in [7, 11) is 0. The van der Waals surface area contributed by atoms with Gasteiger partial charge in [0.15, 0.2) is 0 Å². The Bertz CT molecular complexity index is 9030. The maximum absolute atomic E-state index is 6.36. The van der Waals surface area contributed by atoms with Gasteiger partial charge in [0.2, 0.25) is 0 Å². The van der Waals surface area contributed by atoms with E-state index in [4.69, 9.17) is 28.4 Å². The summed E-state index contributed by atoms with van der Waals surface area (Å²) in [6.07, 6.45) is 17.2. The Morgan fingerprint density at radius 2 is 0.401 bits per heavy atom. The van der Waals surface area contributed by atoms with E-state index in [0.29, 0.717) is 0 Å². The second-order valence-corrected chi connectivity index (χ2v) is 36.0. The number of ether oxygens (including phenoxy) is 6. The van der Waals surface area contributed by atoms with Crippen LogP contribution in [0.2, 0.25) is 0 Å². The van der Waals surface area contributed by atoms with Crippen molar-refractivity contribution in [1.82, 2.24) is 0 Å². The Balaban J connectivity index is 0.456. The maximum atomic E-state index is 6.36. The fraction of sp³-hybridized carbons (Fsp3) is 0.0229. The first-order valence-electron chi connectivity index (χ1n) is 46.6. The molecule has 0 aliphatic heterocycles. The third-order valence-electron chi connectivity index (χ3n) is 29.0. The summed E-state index contributed by atoms with van der Waals surface area (Å²) in [6, 6.07) is 156. The molecule has 0 fully saturated rings. The van der Waals surface area contributed by atoms with E-state index in [1.165, 1.54) is 167 Å². The van der Waals surface area contributed by atoms with Gasteiger partial charge in [-0.2, -0.15) is 0 Å². The van der Waals surface area contributed by atoms with E-state index in [0.717, 1.165) is 99.1 Å². The molecular weight excluding hydrogens is 1670 g/mol. The molecule has 1 unspecified atom stereocenters. The summed E-state index contributed by atoms with van der Waals surface area (Å²) in [6.45, 7) is 7.63. The summed E-state index contributed by atoms with van der Waals surface area (Å²) in [4.78, 5) is 0. The summed E-state index contributed by atoms with van der Waals surface area (Å²) < 4.78 is 36.9. The molecule has 0 saturated carbocycles. The Labute approximate surface area is 792 Å². The summed E-state index contributed by atoms with van der Waals surface area (Å²) in [5.41, 5.74) is 20.1. The van der Waals surface area contributed by atoms with Crippen LogP contribution in [0, 0.1) is 0 Å². The van der Waals surface area contributed by atoms with Crippen LogP contribution in [0.25, 0.3) is 152 Å².